The zero-order chi connectivity index (χ0) is 26.2. The number of carbonyl (C=O) groups is 1. The second-order valence-electron chi connectivity index (χ2n) is 9.73. The van der Waals surface area contributed by atoms with Crippen molar-refractivity contribution in [3.05, 3.63) is 77.3 Å². The van der Waals surface area contributed by atoms with Gasteiger partial charge in [-0.1, -0.05) is 6.07 Å². The summed E-state index contributed by atoms with van der Waals surface area (Å²) in [6.07, 6.45) is 5.27. The molecule has 4 aromatic heterocycles. The molecule has 192 valence electrons. The highest BCUT2D eigenvalue weighted by Crippen LogP contribution is 2.42. The first-order valence-corrected chi connectivity index (χ1v) is 12.2. The first kappa shape index (κ1) is 24.6. The van der Waals surface area contributed by atoms with E-state index in [1.54, 1.807) is 12.3 Å². The van der Waals surface area contributed by atoms with E-state index in [2.05, 4.69) is 35.9 Å². The van der Waals surface area contributed by atoms with Crippen LogP contribution >= 0.6 is 0 Å². The van der Waals surface area contributed by atoms with E-state index in [0.29, 0.717) is 36.0 Å². The Morgan fingerprint density at radius 1 is 1.24 bits per heavy atom. The molecule has 10 nitrogen and oxygen atoms in total. The van der Waals surface area contributed by atoms with Gasteiger partial charge in [-0.3, -0.25) is 9.89 Å². The van der Waals surface area contributed by atoms with Gasteiger partial charge in [0.15, 0.2) is 17.5 Å². The van der Waals surface area contributed by atoms with E-state index < -0.39 is 11.4 Å². The van der Waals surface area contributed by atoms with Crippen molar-refractivity contribution < 1.29 is 14.3 Å². The van der Waals surface area contributed by atoms with Gasteiger partial charge < -0.3 is 15.7 Å². The van der Waals surface area contributed by atoms with Crippen LogP contribution < -0.4 is 10.6 Å². The first-order valence-electron chi connectivity index (χ1n) is 12.2. The molecule has 5 rings (SSSR count). The van der Waals surface area contributed by atoms with Crippen LogP contribution in [0.5, 0.6) is 0 Å². The van der Waals surface area contributed by atoms with E-state index in [9.17, 15) is 14.3 Å². The van der Waals surface area contributed by atoms with Crippen molar-refractivity contribution in [2.45, 2.75) is 51.7 Å². The molecule has 4 N–H and O–H groups in total. The van der Waals surface area contributed by atoms with Crippen LogP contribution in [0.1, 0.15) is 54.7 Å². The van der Waals surface area contributed by atoms with Gasteiger partial charge in [-0.15, -0.1) is 0 Å². The van der Waals surface area contributed by atoms with Crippen molar-refractivity contribution in [3.8, 4) is 5.82 Å². The fourth-order valence-electron chi connectivity index (χ4n) is 4.69. The minimum absolute atomic E-state index is 0.125. The minimum Gasteiger partial charge on any atom is -0.384 e. The van der Waals surface area contributed by atoms with Crippen molar-refractivity contribution in [3.63, 3.8) is 0 Å². The molecule has 0 unspecified atom stereocenters. The number of nitrogens with one attached hydrogen (secondary N) is 3. The Kier molecular flexibility index (Phi) is 6.46. The highest BCUT2D eigenvalue weighted by atomic mass is 19.1. The summed E-state index contributed by atoms with van der Waals surface area (Å²) in [5.41, 5.74) is 2.02. The third-order valence-electron chi connectivity index (χ3n) is 6.69. The van der Waals surface area contributed by atoms with Crippen LogP contribution in [0.4, 0.5) is 16.0 Å². The Hall–Kier alpha value is -4.12. The third-order valence-corrected chi connectivity index (χ3v) is 6.69. The molecule has 0 aromatic carbocycles. The standard InChI is InChI=1S/C26H29FN8O2/c1-15-8-21(31-22(9-15)32-23-10-16(2)33-34-23)26(37)7-6-18(11-26)25(36)30-17(3)19-4-5-24(28-12-19)35-14-20(27)13-29-35/h4-5,8-10,12-14,17-18,37H,6-7,11H2,1-3H3,(H,30,36)(H2,31,32,33,34)/t17-,18+,26+/m0/s1. The molecule has 0 spiro atoms. The summed E-state index contributed by atoms with van der Waals surface area (Å²) in [5, 5.41) is 28.6. The number of aromatic amines is 1. The Balaban J connectivity index is 1.23. The molecule has 1 amide bonds. The summed E-state index contributed by atoms with van der Waals surface area (Å²) in [5.74, 6) is 0.799. The van der Waals surface area contributed by atoms with Gasteiger partial charge in [0, 0.05) is 23.9 Å². The fraction of sp³-hybridized carbons (Fsp3) is 0.346. The smallest absolute Gasteiger partial charge is 0.223 e. The number of aromatic nitrogens is 6. The maximum Gasteiger partial charge on any atom is 0.223 e. The minimum atomic E-state index is -1.20. The maximum atomic E-state index is 13.2. The molecule has 1 saturated carbocycles. The summed E-state index contributed by atoms with van der Waals surface area (Å²) < 4.78 is 14.6. The molecule has 0 saturated heterocycles. The molecular weight excluding hydrogens is 475 g/mol. The van der Waals surface area contributed by atoms with Crippen LogP contribution in [0.3, 0.4) is 0 Å². The molecular formula is C26H29FN8O2. The van der Waals surface area contributed by atoms with E-state index in [1.807, 2.05) is 45.0 Å². The topological polar surface area (TPSA) is 134 Å². The molecule has 37 heavy (non-hydrogen) atoms. The second-order valence-corrected chi connectivity index (χ2v) is 9.73. The van der Waals surface area contributed by atoms with Gasteiger partial charge >= 0.3 is 0 Å². The average Bonchev–Trinajstić information content (AvgIpc) is 3.59. The number of aliphatic hydroxyl groups is 1. The van der Waals surface area contributed by atoms with Crippen LogP contribution in [0, 0.1) is 25.6 Å². The van der Waals surface area contributed by atoms with E-state index in [-0.39, 0.29) is 24.3 Å². The van der Waals surface area contributed by atoms with E-state index in [0.717, 1.165) is 23.0 Å². The Morgan fingerprint density at radius 2 is 2.08 bits per heavy atom. The highest BCUT2D eigenvalue weighted by Gasteiger charge is 2.43. The Labute approximate surface area is 213 Å². The van der Waals surface area contributed by atoms with Crippen LogP contribution in [-0.4, -0.2) is 41.0 Å². The molecule has 1 aliphatic carbocycles. The third kappa shape index (κ3) is 5.36. The number of halogens is 1. The van der Waals surface area contributed by atoms with Crippen molar-refractivity contribution in [2.24, 2.45) is 5.92 Å². The van der Waals surface area contributed by atoms with Gasteiger partial charge in [0.2, 0.25) is 5.91 Å². The summed E-state index contributed by atoms with van der Waals surface area (Å²) in [7, 11) is 0. The van der Waals surface area contributed by atoms with E-state index in [4.69, 9.17) is 0 Å². The number of carbonyl (C=O) groups excluding carboxylic acids is 1. The van der Waals surface area contributed by atoms with Crippen molar-refractivity contribution in [1.82, 2.24) is 35.3 Å². The van der Waals surface area contributed by atoms with Crippen molar-refractivity contribution in [1.29, 1.82) is 0 Å². The quantitative estimate of drug-likeness (QED) is 0.301. The van der Waals surface area contributed by atoms with Crippen molar-refractivity contribution >= 4 is 17.5 Å². The molecule has 11 heteroatoms. The van der Waals surface area contributed by atoms with Gasteiger partial charge in [0.05, 0.1) is 24.1 Å². The van der Waals surface area contributed by atoms with Gasteiger partial charge in [-0.2, -0.15) is 10.2 Å². The number of aryl methyl sites for hydroxylation is 2. The van der Waals surface area contributed by atoms with Crippen LogP contribution in [0.2, 0.25) is 0 Å². The number of pyridine rings is 2. The molecule has 0 bridgehead atoms. The molecule has 4 heterocycles. The predicted octanol–water partition coefficient (Wildman–Crippen LogP) is 3.75. The van der Waals surface area contributed by atoms with Crippen LogP contribution in [0.25, 0.3) is 5.82 Å². The van der Waals surface area contributed by atoms with Crippen LogP contribution in [0.15, 0.2) is 48.9 Å². The van der Waals surface area contributed by atoms with Gasteiger partial charge in [0.1, 0.15) is 11.4 Å². The Bertz CT molecular complexity index is 1420. The molecule has 1 fully saturated rings. The highest BCUT2D eigenvalue weighted by molar-refractivity contribution is 5.79. The Morgan fingerprint density at radius 3 is 2.76 bits per heavy atom. The molecule has 0 radical (unpaired) electrons. The SMILES string of the molecule is Cc1cc(Nc2cc(C)[nH]n2)nc([C@@]2(O)CC[C@@H](C(=O)N[C@@H](C)c3ccc(-n4cc(F)cn4)nc3)C2)c1. The fourth-order valence-corrected chi connectivity index (χ4v) is 4.69. The normalized spacial score (nSPS) is 20.1. The summed E-state index contributed by atoms with van der Waals surface area (Å²) in [6.45, 7) is 5.73. The molecule has 4 aromatic rings. The zero-order valence-electron chi connectivity index (χ0n) is 20.9. The van der Waals surface area contributed by atoms with Crippen LogP contribution in [-0.2, 0) is 10.4 Å². The number of hydrogen-bond donors (Lipinski definition) is 4. The van der Waals surface area contributed by atoms with E-state index in [1.165, 1.54) is 10.9 Å². The van der Waals surface area contributed by atoms with Gasteiger partial charge in [-0.05, 0) is 69.4 Å². The average molecular weight is 505 g/mol. The monoisotopic (exact) mass is 504 g/mol. The molecule has 1 aliphatic rings. The molecule has 0 aliphatic heterocycles. The number of anilines is 2. The zero-order valence-corrected chi connectivity index (χ0v) is 20.9. The maximum absolute atomic E-state index is 13.2. The summed E-state index contributed by atoms with van der Waals surface area (Å²) in [6, 6.07) is 8.88. The number of amides is 1. The summed E-state index contributed by atoms with van der Waals surface area (Å²) in [4.78, 5) is 22.0. The van der Waals surface area contributed by atoms with Crippen molar-refractivity contribution in [2.75, 3.05) is 5.32 Å². The second kappa shape index (κ2) is 9.74. The summed E-state index contributed by atoms with van der Waals surface area (Å²) >= 11 is 0. The lowest BCUT2D eigenvalue weighted by Gasteiger charge is -2.24. The lowest BCUT2D eigenvalue weighted by atomic mass is 9.94. The van der Waals surface area contributed by atoms with Gasteiger partial charge in [0.25, 0.3) is 0 Å². The molecule has 3 atom stereocenters. The number of H-pyrrole nitrogens is 1. The van der Waals surface area contributed by atoms with E-state index >= 15 is 0 Å². The largest absolute Gasteiger partial charge is 0.384 e. The number of rotatable bonds is 7. The van der Waals surface area contributed by atoms with Gasteiger partial charge in [-0.25, -0.2) is 19.0 Å². The number of nitrogens with zero attached hydrogens (tertiary/aromatic N) is 5. The predicted molar refractivity (Wildman–Crippen MR) is 135 cm³/mol. The lowest BCUT2D eigenvalue weighted by Crippen LogP contribution is -2.33. The first-order chi connectivity index (χ1) is 17.7. The lowest BCUT2D eigenvalue weighted by molar-refractivity contribution is -0.126. The number of hydrogen-bond acceptors (Lipinski definition) is 7.